The van der Waals surface area contributed by atoms with E-state index in [1.165, 1.54) is 5.56 Å². The highest BCUT2D eigenvalue weighted by molar-refractivity contribution is 5.27. The largest absolute Gasteiger partial charge is 0.465 e. The van der Waals surface area contributed by atoms with Crippen LogP contribution >= 0.6 is 0 Å². The second-order valence-electron chi connectivity index (χ2n) is 2.40. The Morgan fingerprint density at radius 3 is 2.82 bits per heavy atom. The molecule has 0 unspecified atom stereocenters. The summed E-state index contributed by atoms with van der Waals surface area (Å²) in [5.74, 6) is 0.892. The Hall–Kier alpha value is -1.24. The summed E-state index contributed by atoms with van der Waals surface area (Å²) in [6, 6.07) is 7.96. The topological polar surface area (TPSA) is 9.23 Å². The number of allylic oxidation sites excluding steroid dienone is 1. The SMILES string of the molecule is C/C=C/Oc1cccc(C)c1. The van der Waals surface area contributed by atoms with Gasteiger partial charge in [0.2, 0.25) is 0 Å². The first-order valence-electron chi connectivity index (χ1n) is 3.67. The zero-order valence-electron chi connectivity index (χ0n) is 6.87. The van der Waals surface area contributed by atoms with Gasteiger partial charge < -0.3 is 4.74 Å². The van der Waals surface area contributed by atoms with Crippen molar-refractivity contribution in [3.8, 4) is 5.75 Å². The molecule has 1 rings (SSSR count). The van der Waals surface area contributed by atoms with E-state index in [9.17, 15) is 0 Å². The normalized spacial score (nSPS) is 10.4. The lowest BCUT2D eigenvalue weighted by Crippen LogP contribution is -1.81. The summed E-state index contributed by atoms with van der Waals surface area (Å²) in [5, 5.41) is 0. The number of aryl methyl sites for hydroxylation is 1. The fraction of sp³-hybridized carbons (Fsp3) is 0.200. The minimum atomic E-state index is 0.892. The number of ether oxygens (including phenoxy) is 1. The zero-order chi connectivity index (χ0) is 8.10. The number of hydrogen-bond donors (Lipinski definition) is 0. The van der Waals surface area contributed by atoms with Crippen LogP contribution in [-0.4, -0.2) is 0 Å². The molecule has 0 spiro atoms. The van der Waals surface area contributed by atoms with Gasteiger partial charge in [-0.05, 0) is 31.5 Å². The Kier molecular flexibility index (Phi) is 2.73. The summed E-state index contributed by atoms with van der Waals surface area (Å²) in [5.41, 5.74) is 1.21. The molecule has 0 aliphatic rings. The summed E-state index contributed by atoms with van der Waals surface area (Å²) in [7, 11) is 0. The third-order valence-corrected chi connectivity index (χ3v) is 1.33. The van der Waals surface area contributed by atoms with Gasteiger partial charge in [0.25, 0.3) is 0 Å². The summed E-state index contributed by atoms with van der Waals surface area (Å²) in [6.07, 6.45) is 3.54. The molecule has 58 valence electrons. The number of rotatable bonds is 2. The molecule has 0 atom stereocenters. The van der Waals surface area contributed by atoms with E-state index in [4.69, 9.17) is 4.74 Å². The maximum Gasteiger partial charge on any atom is 0.126 e. The second-order valence-corrected chi connectivity index (χ2v) is 2.40. The van der Waals surface area contributed by atoms with E-state index < -0.39 is 0 Å². The highest BCUT2D eigenvalue weighted by Crippen LogP contribution is 2.12. The van der Waals surface area contributed by atoms with Crippen molar-refractivity contribution in [2.45, 2.75) is 13.8 Å². The highest BCUT2D eigenvalue weighted by atomic mass is 16.5. The Bertz CT molecular complexity index is 251. The molecule has 0 heterocycles. The van der Waals surface area contributed by atoms with Gasteiger partial charge in [-0.15, -0.1) is 0 Å². The third-order valence-electron chi connectivity index (χ3n) is 1.33. The van der Waals surface area contributed by atoms with Crippen molar-refractivity contribution in [2.75, 3.05) is 0 Å². The van der Waals surface area contributed by atoms with Crippen LogP contribution in [-0.2, 0) is 0 Å². The molecule has 0 saturated carbocycles. The fourth-order valence-electron chi connectivity index (χ4n) is 0.835. The van der Waals surface area contributed by atoms with E-state index in [1.54, 1.807) is 6.26 Å². The first-order valence-corrected chi connectivity index (χ1v) is 3.67. The molecule has 0 bridgehead atoms. The van der Waals surface area contributed by atoms with Crippen LogP contribution in [0.5, 0.6) is 5.75 Å². The Labute approximate surface area is 67.3 Å². The van der Waals surface area contributed by atoms with Gasteiger partial charge in [0.05, 0.1) is 6.26 Å². The molecule has 11 heavy (non-hydrogen) atoms. The van der Waals surface area contributed by atoms with Crippen LogP contribution < -0.4 is 4.74 Å². The maximum atomic E-state index is 5.26. The number of hydrogen-bond acceptors (Lipinski definition) is 1. The first-order chi connectivity index (χ1) is 5.33. The molecule has 0 saturated heterocycles. The van der Waals surface area contributed by atoms with Crippen molar-refractivity contribution in [3.05, 3.63) is 42.2 Å². The van der Waals surface area contributed by atoms with Crippen LogP contribution in [0.2, 0.25) is 0 Å². The van der Waals surface area contributed by atoms with Crippen molar-refractivity contribution in [3.63, 3.8) is 0 Å². The monoisotopic (exact) mass is 148 g/mol. The predicted octanol–water partition coefficient (Wildman–Crippen LogP) is 2.91. The molecule has 0 amide bonds. The molecular weight excluding hydrogens is 136 g/mol. The first kappa shape index (κ1) is 7.86. The van der Waals surface area contributed by atoms with Gasteiger partial charge in [-0.3, -0.25) is 0 Å². The quantitative estimate of drug-likeness (QED) is 0.586. The van der Waals surface area contributed by atoms with Crippen LogP contribution in [0.25, 0.3) is 0 Å². The summed E-state index contributed by atoms with van der Waals surface area (Å²) < 4.78 is 5.26. The van der Waals surface area contributed by atoms with E-state index in [-0.39, 0.29) is 0 Å². The van der Waals surface area contributed by atoms with Crippen LogP contribution in [0.3, 0.4) is 0 Å². The molecule has 0 radical (unpaired) electrons. The van der Waals surface area contributed by atoms with E-state index in [2.05, 4.69) is 0 Å². The highest BCUT2D eigenvalue weighted by Gasteiger charge is 1.88. The average Bonchev–Trinajstić information content (AvgIpc) is 2.01. The molecule has 0 aliphatic carbocycles. The summed E-state index contributed by atoms with van der Waals surface area (Å²) >= 11 is 0. The van der Waals surface area contributed by atoms with Crippen LogP contribution in [0, 0.1) is 6.92 Å². The Balaban J connectivity index is 2.71. The molecule has 1 nitrogen and oxygen atoms in total. The Morgan fingerprint density at radius 1 is 1.36 bits per heavy atom. The van der Waals surface area contributed by atoms with E-state index in [0.29, 0.717) is 0 Å². The molecule has 1 heteroatoms. The molecule has 0 aliphatic heterocycles. The van der Waals surface area contributed by atoms with Crippen molar-refractivity contribution in [1.82, 2.24) is 0 Å². The van der Waals surface area contributed by atoms with Crippen LogP contribution in [0.4, 0.5) is 0 Å². The fourth-order valence-corrected chi connectivity index (χ4v) is 0.835. The van der Waals surface area contributed by atoms with Crippen LogP contribution in [0.1, 0.15) is 12.5 Å². The lowest BCUT2D eigenvalue weighted by molar-refractivity contribution is 0.480. The average molecular weight is 148 g/mol. The molecule has 0 fully saturated rings. The predicted molar refractivity (Wildman–Crippen MR) is 46.6 cm³/mol. The standard InChI is InChI=1S/C10H12O/c1-3-7-11-10-6-4-5-9(2)8-10/h3-8H,1-2H3/b7-3+. The van der Waals surface area contributed by atoms with Gasteiger partial charge in [-0.1, -0.05) is 18.2 Å². The molecule has 1 aromatic carbocycles. The van der Waals surface area contributed by atoms with Gasteiger partial charge in [0, 0.05) is 0 Å². The van der Waals surface area contributed by atoms with E-state index >= 15 is 0 Å². The minimum absolute atomic E-state index is 0.892. The summed E-state index contributed by atoms with van der Waals surface area (Å²) in [4.78, 5) is 0. The molecular formula is C10H12O. The van der Waals surface area contributed by atoms with E-state index in [1.807, 2.05) is 44.2 Å². The molecule has 0 N–H and O–H groups in total. The second kappa shape index (κ2) is 3.81. The van der Waals surface area contributed by atoms with Crippen molar-refractivity contribution in [1.29, 1.82) is 0 Å². The lowest BCUT2D eigenvalue weighted by atomic mass is 10.2. The molecule has 1 aromatic rings. The molecule has 0 aromatic heterocycles. The van der Waals surface area contributed by atoms with E-state index in [0.717, 1.165) is 5.75 Å². The van der Waals surface area contributed by atoms with Gasteiger partial charge >= 0.3 is 0 Å². The zero-order valence-corrected chi connectivity index (χ0v) is 6.87. The van der Waals surface area contributed by atoms with Gasteiger partial charge in [-0.2, -0.15) is 0 Å². The van der Waals surface area contributed by atoms with Crippen LogP contribution in [0.15, 0.2) is 36.6 Å². The van der Waals surface area contributed by atoms with Gasteiger partial charge in [0.15, 0.2) is 0 Å². The lowest BCUT2D eigenvalue weighted by Gasteiger charge is -1.99. The minimum Gasteiger partial charge on any atom is -0.465 e. The van der Waals surface area contributed by atoms with Crippen molar-refractivity contribution < 1.29 is 4.74 Å². The maximum absolute atomic E-state index is 5.26. The Morgan fingerprint density at radius 2 is 2.18 bits per heavy atom. The summed E-state index contributed by atoms with van der Waals surface area (Å²) in [6.45, 7) is 3.97. The van der Waals surface area contributed by atoms with Gasteiger partial charge in [-0.25, -0.2) is 0 Å². The number of benzene rings is 1. The smallest absolute Gasteiger partial charge is 0.126 e. The van der Waals surface area contributed by atoms with Gasteiger partial charge in [0.1, 0.15) is 5.75 Å². The van der Waals surface area contributed by atoms with Crippen molar-refractivity contribution in [2.24, 2.45) is 0 Å². The van der Waals surface area contributed by atoms with Crippen molar-refractivity contribution >= 4 is 0 Å². The third kappa shape index (κ3) is 2.46.